The molecule has 2 heterocycles. The lowest BCUT2D eigenvalue weighted by Gasteiger charge is -2.35. The maximum Gasteiger partial charge on any atom is 0.231 e. The van der Waals surface area contributed by atoms with E-state index in [-0.39, 0.29) is 5.91 Å². The highest BCUT2D eigenvalue weighted by atomic mass is 16.5. The molecule has 1 aliphatic heterocycles. The minimum atomic E-state index is -0.283. The van der Waals surface area contributed by atoms with Crippen molar-refractivity contribution in [1.29, 1.82) is 0 Å². The van der Waals surface area contributed by atoms with Crippen molar-refractivity contribution in [2.45, 2.75) is 13.8 Å². The highest BCUT2D eigenvalue weighted by molar-refractivity contribution is 5.75. The number of aryl methyl sites for hydroxylation is 1. The van der Waals surface area contributed by atoms with Gasteiger partial charge in [0.2, 0.25) is 11.8 Å². The smallest absolute Gasteiger partial charge is 0.231 e. The number of ether oxygens (including phenoxy) is 1. The molecule has 0 radical (unpaired) electrons. The van der Waals surface area contributed by atoms with Crippen LogP contribution in [0.4, 0.5) is 5.82 Å². The highest BCUT2D eigenvalue weighted by Crippen LogP contribution is 2.25. The Kier molecular flexibility index (Phi) is 4.39. The van der Waals surface area contributed by atoms with Crippen LogP contribution in [0.25, 0.3) is 0 Å². The van der Waals surface area contributed by atoms with E-state index in [1.807, 2.05) is 13.8 Å². The molecule has 0 aliphatic carbocycles. The first-order valence-corrected chi connectivity index (χ1v) is 6.66. The van der Waals surface area contributed by atoms with Gasteiger partial charge < -0.3 is 15.4 Å². The van der Waals surface area contributed by atoms with Crippen molar-refractivity contribution < 1.29 is 9.53 Å². The van der Waals surface area contributed by atoms with Crippen molar-refractivity contribution in [2.24, 2.45) is 5.73 Å². The van der Waals surface area contributed by atoms with Crippen molar-refractivity contribution >= 4 is 11.7 Å². The molecular formula is C13H21N5O2. The molecule has 1 amide bonds. The van der Waals surface area contributed by atoms with E-state index in [0.29, 0.717) is 18.2 Å². The second-order valence-electron chi connectivity index (χ2n) is 4.96. The second kappa shape index (κ2) is 6.04. The van der Waals surface area contributed by atoms with Gasteiger partial charge in [-0.1, -0.05) is 0 Å². The number of carbonyl (C=O) groups is 1. The van der Waals surface area contributed by atoms with Crippen LogP contribution in [-0.2, 0) is 4.79 Å². The first kappa shape index (κ1) is 14.5. The summed E-state index contributed by atoms with van der Waals surface area (Å²) < 4.78 is 5.28. The Bertz CT molecular complexity index is 498. The van der Waals surface area contributed by atoms with Crippen molar-refractivity contribution in [3.05, 3.63) is 11.4 Å². The summed E-state index contributed by atoms with van der Waals surface area (Å²) >= 11 is 0. The molecule has 0 bridgehead atoms. The Labute approximate surface area is 118 Å². The van der Waals surface area contributed by atoms with Crippen molar-refractivity contribution in [3.8, 4) is 5.88 Å². The van der Waals surface area contributed by atoms with Gasteiger partial charge in [0.1, 0.15) is 11.6 Å². The zero-order chi connectivity index (χ0) is 14.7. The molecule has 7 nitrogen and oxygen atoms in total. The molecule has 0 atom stereocenters. The van der Waals surface area contributed by atoms with Crippen LogP contribution < -0.4 is 15.4 Å². The molecule has 0 unspecified atom stereocenters. The molecule has 0 aromatic carbocycles. The zero-order valence-electron chi connectivity index (χ0n) is 12.2. The molecule has 0 spiro atoms. The van der Waals surface area contributed by atoms with Crippen molar-refractivity contribution in [3.63, 3.8) is 0 Å². The number of piperazine rings is 1. The van der Waals surface area contributed by atoms with Crippen LogP contribution in [0.15, 0.2) is 0 Å². The molecular weight excluding hydrogens is 258 g/mol. The first-order valence-electron chi connectivity index (χ1n) is 6.66. The van der Waals surface area contributed by atoms with Crippen LogP contribution in [0, 0.1) is 13.8 Å². The normalized spacial score (nSPS) is 16.2. The molecule has 1 fully saturated rings. The lowest BCUT2D eigenvalue weighted by molar-refractivity contribution is -0.119. The van der Waals surface area contributed by atoms with Gasteiger partial charge in [-0.05, 0) is 13.8 Å². The summed E-state index contributed by atoms with van der Waals surface area (Å²) in [4.78, 5) is 24.0. The minimum Gasteiger partial charge on any atom is -0.481 e. The molecule has 1 saturated heterocycles. The third-order valence-corrected chi connectivity index (χ3v) is 3.43. The Morgan fingerprint density at radius 3 is 2.45 bits per heavy atom. The lowest BCUT2D eigenvalue weighted by Crippen LogP contribution is -2.49. The topological polar surface area (TPSA) is 84.6 Å². The van der Waals surface area contributed by atoms with Gasteiger partial charge in [-0.15, -0.1) is 0 Å². The third-order valence-electron chi connectivity index (χ3n) is 3.43. The molecule has 1 aromatic heterocycles. The molecule has 110 valence electrons. The average molecular weight is 279 g/mol. The number of hydrogen-bond acceptors (Lipinski definition) is 6. The molecule has 1 aliphatic rings. The fourth-order valence-corrected chi connectivity index (χ4v) is 2.43. The maximum absolute atomic E-state index is 10.9. The Morgan fingerprint density at radius 1 is 1.25 bits per heavy atom. The number of nitrogens with zero attached hydrogens (tertiary/aromatic N) is 4. The predicted octanol–water partition coefficient (Wildman–Crippen LogP) is -0.291. The summed E-state index contributed by atoms with van der Waals surface area (Å²) in [6.45, 7) is 7.36. The van der Waals surface area contributed by atoms with E-state index in [4.69, 9.17) is 10.5 Å². The van der Waals surface area contributed by atoms with E-state index in [0.717, 1.165) is 37.6 Å². The summed E-state index contributed by atoms with van der Waals surface area (Å²) in [6.07, 6.45) is 0. The summed E-state index contributed by atoms with van der Waals surface area (Å²) in [7, 11) is 1.61. The van der Waals surface area contributed by atoms with Gasteiger partial charge in [0, 0.05) is 26.2 Å². The predicted molar refractivity (Wildman–Crippen MR) is 75.9 cm³/mol. The van der Waals surface area contributed by atoms with E-state index in [2.05, 4.69) is 19.8 Å². The minimum absolute atomic E-state index is 0.283. The maximum atomic E-state index is 10.9. The van der Waals surface area contributed by atoms with Crippen LogP contribution in [-0.4, -0.2) is 60.6 Å². The van der Waals surface area contributed by atoms with Gasteiger partial charge in [-0.2, -0.15) is 4.98 Å². The fourth-order valence-electron chi connectivity index (χ4n) is 2.43. The monoisotopic (exact) mass is 279 g/mol. The number of hydrogen-bond donors (Lipinski definition) is 1. The number of nitrogens with two attached hydrogens (primary N) is 1. The molecule has 0 saturated carbocycles. The van der Waals surface area contributed by atoms with Crippen LogP contribution in [0.2, 0.25) is 0 Å². The summed E-state index contributed by atoms with van der Waals surface area (Å²) in [5, 5.41) is 0. The number of anilines is 1. The van der Waals surface area contributed by atoms with Gasteiger partial charge in [-0.3, -0.25) is 9.69 Å². The summed E-state index contributed by atoms with van der Waals surface area (Å²) in [5.41, 5.74) is 6.17. The molecule has 20 heavy (non-hydrogen) atoms. The standard InChI is InChI=1S/C13H21N5O2/c1-9-12(15-10(2)16-13(9)20-3)18-6-4-17(5-7-18)8-11(14)19/h4-8H2,1-3H3,(H2,14,19). The largest absolute Gasteiger partial charge is 0.481 e. The quantitative estimate of drug-likeness (QED) is 0.815. The number of primary amides is 1. The zero-order valence-corrected chi connectivity index (χ0v) is 12.2. The number of methoxy groups -OCH3 is 1. The lowest BCUT2D eigenvalue weighted by atomic mass is 10.2. The van der Waals surface area contributed by atoms with Gasteiger partial charge in [-0.25, -0.2) is 4.98 Å². The summed E-state index contributed by atoms with van der Waals surface area (Å²) in [5.74, 6) is 1.94. The number of aromatic nitrogens is 2. The van der Waals surface area contributed by atoms with Gasteiger partial charge >= 0.3 is 0 Å². The van der Waals surface area contributed by atoms with Crippen LogP contribution >= 0.6 is 0 Å². The van der Waals surface area contributed by atoms with Crippen molar-refractivity contribution in [2.75, 3.05) is 44.7 Å². The first-order chi connectivity index (χ1) is 9.51. The fraction of sp³-hybridized carbons (Fsp3) is 0.615. The Hall–Kier alpha value is -1.89. The number of amides is 1. The number of carbonyl (C=O) groups excluding carboxylic acids is 1. The molecule has 2 rings (SSSR count). The van der Waals surface area contributed by atoms with E-state index in [9.17, 15) is 4.79 Å². The van der Waals surface area contributed by atoms with E-state index in [1.54, 1.807) is 7.11 Å². The third kappa shape index (κ3) is 3.16. The van der Waals surface area contributed by atoms with Crippen LogP contribution in [0.5, 0.6) is 5.88 Å². The average Bonchev–Trinajstić information content (AvgIpc) is 2.41. The molecule has 1 aromatic rings. The van der Waals surface area contributed by atoms with Gasteiger partial charge in [0.15, 0.2) is 0 Å². The highest BCUT2D eigenvalue weighted by Gasteiger charge is 2.22. The van der Waals surface area contributed by atoms with E-state index >= 15 is 0 Å². The van der Waals surface area contributed by atoms with E-state index < -0.39 is 0 Å². The van der Waals surface area contributed by atoms with Crippen LogP contribution in [0.3, 0.4) is 0 Å². The second-order valence-corrected chi connectivity index (χ2v) is 4.96. The van der Waals surface area contributed by atoms with Crippen LogP contribution in [0.1, 0.15) is 11.4 Å². The number of rotatable bonds is 4. The molecule has 2 N–H and O–H groups in total. The summed E-state index contributed by atoms with van der Waals surface area (Å²) in [6, 6.07) is 0. The van der Waals surface area contributed by atoms with Crippen molar-refractivity contribution in [1.82, 2.24) is 14.9 Å². The SMILES string of the molecule is COc1nc(C)nc(N2CCN(CC(N)=O)CC2)c1C. The Balaban J connectivity index is 2.10. The van der Waals surface area contributed by atoms with Gasteiger partial charge in [0.25, 0.3) is 0 Å². The van der Waals surface area contributed by atoms with E-state index in [1.165, 1.54) is 0 Å². The molecule has 7 heteroatoms. The Morgan fingerprint density at radius 2 is 1.90 bits per heavy atom. The van der Waals surface area contributed by atoms with Gasteiger partial charge in [0.05, 0.1) is 19.2 Å².